The molecule has 19 heavy (non-hydrogen) atoms. The van der Waals surface area contributed by atoms with Crippen molar-refractivity contribution in [2.75, 3.05) is 5.32 Å². The van der Waals surface area contributed by atoms with Crippen LogP contribution in [0.15, 0.2) is 29.0 Å². The Bertz CT molecular complexity index is 580. The Hall–Kier alpha value is -1.00. The Morgan fingerprint density at radius 2 is 2.21 bits per heavy atom. The number of benzene rings is 1. The molecule has 0 aliphatic rings. The molecule has 1 aromatic carbocycles. The van der Waals surface area contributed by atoms with Crippen molar-refractivity contribution in [3.8, 4) is 0 Å². The van der Waals surface area contributed by atoms with Gasteiger partial charge in [0, 0.05) is 27.8 Å². The Kier molecular flexibility index (Phi) is 4.53. The number of aromatic nitrogens is 2. The summed E-state index contributed by atoms with van der Waals surface area (Å²) >= 11 is 9.72. The lowest BCUT2D eigenvalue weighted by Gasteiger charge is -2.16. The summed E-state index contributed by atoms with van der Waals surface area (Å²) in [6.07, 6.45) is 3.95. The number of nitrogens with zero attached hydrogens (tertiary/aromatic N) is 2. The highest BCUT2D eigenvalue weighted by atomic mass is 79.9. The fourth-order valence-corrected chi connectivity index (χ4v) is 2.59. The van der Waals surface area contributed by atoms with E-state index in [0.29, 0.717) is 0 Å². The average molecular weight is 343 g/mol. The van der Waals surface area contributed by atoms with Crippen molar-refractivity contribution in [2.45, 2.75) is 33.4 Å². The summed E-state index contributed by atoms with van der Waals surface area (Å²) in [6.45, 7) is 7.06. The van der Waals surface area contributed by atoms with Gasteiger partial charge in [-0.1, -0.05) is 11.6 Å². The van der Waals surface area contributed by atoms with E-state index in [1.54, 1.807) is 0 Å². The zero-order valence-corrected chi connectivity index (χ0v) is 13.6. The molecule has 3 nitrogen and oxygen atoms in total. The maximum atomic E-state index is 6.16. The van der Waals surface area contributed by atoms with Crippen LogP contribution < -0.4 is 5.32 Å². The van der Waals surface area contributed by atoms with Crippen LogP contribution in [0.1, 0.15) is 31.0 Å². The van der Waals surface area contributed by atoms with E-state index < -0.39 is 0 Å². The number of anilines is 1. The van der Waals surface area contributed by atoms with Crippen molar-refractivity contribution in [1.29, 1.82) is 0 Å². The van der Waals surface area contributed by atoms with Crippen LogP contribution in [-0.2, 0) is 6.54 Å². The van der Waals surface area contributed by atoms with Crippen LogP contribution >= 0.6 is 27.5 Å². The SMILES string of the molecule is CCn1cc(C(C)Nc2cc(Cl)c(C)cc2Br)cn1. The number of hydrogen-bond acceptors (Lipinski definition) is 2. The van der Waals surface area contributed by atoms with Gasteiger partial charge in [-0.25, -0.2) is 0 Å². The monoisotopic (exact) mass is 341 g/mol. The Labute approximate surface area is 127 Å². The van der Waals surface area contributed by atoms with Crippen LogP contribution in [-0.4, -0.2) is 9.78 Å². The van der Waals surface area contributed by atoms with Crippen molar-refractivity contribution in [2.24, 2.45) is 0 Å². The number of halogens is 2. The third-order valence-electron chi connectivity index (χ3n) is 3.10. The highest BCUT2D eigenvalue weighted by Crippen LogP contribution is 2.31. The number of rotatable bonds is 4. The Morgan fingerprint density at radius 1 is 1.47 bits per heavy atom. The minimum Gasteiger partial charge on any atom is -0.377 e. The van der Waals surface area contributed by atoms with Gasteiger partial charge >= 0.3 is 0 Å². The van der Waals surface area contributed by atoms with Crippen LogP contribution in [0.25, 0.3) is 0 Å². The molecule has 1 atom stereocenters. The van der Waals surface area contributed by atoms with E-state index in [1.165, 1.54) is 0 Å². The predicted molar refractivity (Wildman–Crippen MR) is 83.8 cm³/mol. The molecule has 1 unspecified atom stereocenters. The van der Waals surface area contributed by atoms with E-state index >= 15 is 0 Å². The molecule has 5 heteroatoms. The lowest BCUT2D eigenvalue weighted by molar-refractivity contribution is 0.658. The summed E-state index contributed by atoms with van der Waals surface area (Å²) in [6, 6.07) is 4.14. The first kappa shape index (κ1) is 14.4. The van der Waals surface area contributed by atoms with Gasteiger partial charge in [-0.2, -0.15) is 5.10 Å². The number of aryl methyl sites for hydroxylation is 2. The second-order valence-electron chi connectivity index (χ2n) is 4.58. The van der Waals surface area contributed by atoms with Crippen molar-refractivity contribution >= 4 is 33.2 Å². The van der Waals surface area contributed by atoms with Gasteiger partial charge in [0.1, 0.15) is 0 Å². The van der Waals surface area contributed by atoms with Gasteiger partial charge in [0.15, 0.2) is 0 Å². The third kappa shape index (κ3) is 3.31. The molecule has 2 rings (SSSR count). The molecule has 0 radical (unpaired) electrons. The van der Waals surface area contributed by atoms with Gasteiger partial charge in [-0.3, -0.25) is 4.68 Å². The van der Waals surface area contributed by atoms with E-state index in [4.69, 9.17) is 11.6 Å². The molecule has 102 valence electrons. The van der Waals surface area contributed by atoms with Crippen LogP contribution in [0.3, 0.4) is 0 Å². The molecule has 1 N–H and O–H groups in total. The summed E-state index contributed by atoms with van der Waals surface area (Å²) in [5, 5.41) is 8.50. The van der Waals surface area contributed by atoms with Crippen molar-refractivity contribution in [1.82, 2.24) is 9.78 Å². The summed E-state index contributed by atoms with van der Waals surface area (Å²) < 4.78 is 2.94. The number of nitrogens with one attached hydrogen (secondary N) is 1. The fourth-order valence-electron chi connectivity index (χ4n) is 1.85. The molecular weight excluding hydrogens is 326 g/mol. The van der Waals surface area contributed by atoms with Gasteiger partial charge in [0.25, 0.3) is 0 Å². The molecular formula is C14H17BrClN3. The first-order valence-corrected chi connectivity index (χ1v) is 7.43. The largest absolute Gasteiger partial charge is 0.377 e. The van der Waals surface area contributed by atoms with Crippen molar-refractivity contribution in [3.63, 3.8) is 0 Å². The second kappa shape index (κ2) is 5.97. The maximum Gasteiger partial charge on any atom is 0.0542 e. The molecule has 1 aromatic heterocycles. The lowest BCUT2D eigenvalue weighted by atomic mass is 10.1. The molecule has 0 bridgehead atoms. The summed E-state index contributed by atoms with van der Waals surface area (Å²) in [5.41, 5.74) is 3.21. The molecule has 0 saturated carbocycles. The summed E-state index contributed by atoms with van der Waals surface area (Å²) in [4.78, 5) is 0. The number of hydrogen-bond donors (Lipinski definition) is 1. The first-order chi connectivity index (χ1) is 9.01. The predicted octanol–water partition coefficient (Wildman–Crippen LogP) is 4.80. The zero-order valence-electron chi connectivity index (χ0n) is 11.2. The van der Waals surface area contributed by atoms with Gasteiger partial charge < -0.3 is 5.32 Å². The van der Waals surface area contributed by atoms with Crippen molar-refractivity contribution in [3.05, 3.63) is 45.1 Å². The standard InChI is InChI=1S/C14H17BrClN3/c1-4-19-8-11(7-17-19)10(3)18-14-6-13(16)9(2)5-12(14)15/h5-8,10,18H,4H2,1-3H3. The summed E-state index contributed by atoms with van der Waals surface area (Å²) in [5.74, 6) is 0. The highest BCUT2D eigenvalue weighted by Gasteiger charge is 2.11. The smallest absolute Gasteiger partial charge is 0.0542 e. The quantitative estimate of drug-likeness (QED) is 0.865. The second-order valence-corrected chi connectivity index (χ2v) is 5.84. The van der Waals surface area contributed by atoms with Gasteiger partial charge in [-0.05, 0) is 54.4 Å². The van der Waals surface area contributed by atoms with Gasteiger partial charge in [-0.15, -0.1) is 0 Å². The first-order valence-electron chi connectivity index (χ1n) is 6.25. The van der Waals surface area contributed by atoms with Crippen LogP contribution in [0, 0.1) is 6.92 Å². The van der Waals surface area contributed by atoms with Crippen molar-refractivity contribution < 1.29 is 0 Å². The molecule has 2 aromatic rings. The Balaban J connectivity index is 2.18. The molecule has 0 saturated heterocycles. The van der Waals surface area contributed by atoms with E-state index in [0.717, 1.165) is 32.9 Å². The molecule has 0 spiro atoms. The normalized spacial score (nSPS) is 12.5. The zero-order chi connectivity index (χ0) is 14.0. The van der Waals surface area contributed by atoms with Crippen LogP contribution in [0.4, 0.5) is 5.69 Å². The minimum absolute atomic E-state index is 0.176. The van der Waals surface area contributed by atoms with E-state index in [1.807, 2.05) is 29.9 Å². The average Bonchev–Trinajstić information content (AvgIpc) is 2.84. The van der Waals surface area contributed by atoms with Gasteiger partial charge in [0.05, 0.1) is 17.9 Å². The van der Waals surface area contributed by atoms with E-state index in [2.05, 4.69) is 46.4 Å². The molecule has 1 heterocycles. The van der Waals surface area contributed by atoms with Crippen LogP contribution in [0.5, 0.6) is 0 Å². The minimum atomic E-state index is 0.176. The van der Waals surface area contributed by atoms with Gasteiger partial charge in [0.2, 0.25) is 0 Å². The fraction of sp³-hybridized carbons (Fsp3) is 0.357. The summed E-state index contributed by atoms with van der Waals surface area (Å²) in [7, 11) is 0. The maximum absolute atomic E-state index is 6.16. The topological polar surface area (TPSA) is 29.9 Å². The highest BCUT2D eigenvalue weighted by molar-refractivity contribution is 9.10. The molecule has 0 aliphatic carbocycles. The lowest BCUT2D eigenvalue weighted by Crippen LogP contribution is -2.06. The van der Waals surface area contributed by atoms with Crippen LogP contribution in [0.2, 0.25) is 5.02 Å². The van der Waals surface area contributed by atoms with E-state index in [-0.39, 0.29) is 6.04 Å². The molecule has 0 fully saturated rings. The molecule has 0 amide bonds. The molecule has 0 aliphatic heterocycles. The van der Waals surface area contributed by atoms with E-state index in [9.17, 15) is 0 Å². The third-order valence-corrected chi connectivity index (χ3v) is 4.16. The Morgan fingerprint density at radius 3 is 2.84 bits per heavy atom.